The Hall–Kier alpha value is -1.38. The summed E-state index contributed by atoms with van der Waals surface area (Å²) in [5, 5.41) is 9.10. The normalized spacial score (nSPS) is 22.5. The molecule has 1 saturated carbocycles. The summed E-state index contributed by atoms with van der Waals surface area (Å²) in [7, 11) is -13.6. The molecule has 0 spiro atoms. The van der Waals surface area contributed by atoms with Gasteiger partial charge in [0.2, 0.25) is 0 Å². The first-order chi connectivity index (χ1) is 11.9. The molecule has 0 saturated heterocycles. The summed E-state index contributed by atoms with van der Waals surface area (Å²) >= 11 is 0. The molecule has 1 fully saturated rings. The molecule has 0 aliphatic heterocycles. The summed E-state index contributed by atoms with van der Waals surface area (Å²) in [5.74, 6) is -3.33. The third-order valence-electron chi connectivity index (χ3n) is 4.08. The quantitative estimate of drug-likeness (QED) is 0.494. The number of carbonyl (C=O) groups is 1. The van der Waals surface area contributed by atoms with E-state index in [1.807, 2.05) is 5.32 Å². The third-order valence-corrected chi connectivity index (χ3v) is 8.82. The van der Waals surface area contributed by atoms with E-state index in [-0.39, 0.29) is 19.3 Å². The molecule has 1 aliphatic carbocycles. The number of alkyl halides is 6. The Bertz CT molecular complexity index is 759. The van der Waals surface area contributed by atoms with Crippen LogP contribution in [0.15, 0.2) is 0 Å². The molecule has 2 N–H and O–H groups in total. The third kappa shape index (κ3) is 4.73. The van der Waals surface area contributed by atoms with E-state index in [0.29, 0.717) is 0 Å². The molecule has 0 aromatic heterocycles. The van der Waals surface area contributed by atoms with E-state index in [1.54, 1.807) is 0 Å². The van der Waals surface area contributed by atoms with Gasteiger partial charge in [0, 0.05) is 12.0 Å². The average molecular weight is 446 g/mol. The van der Waals surface area contributed by atoms with Gasteiger partial charge in [-0.05, 0) is 19.8 Å². The molecule has 1 amide bonds. The molecule has 2 unspecified atom stereocenters. The number of amides is 1. The van der Waals surface area contributed by atoms with E-state index in [4.69, 9.17) is 5.41 Å². The van der Waals surface area contributed by atoms with E-state index in [1.165, 1.54) is 0 Å². The van der Waals surface area contributed by atoms with Gasteiger partial charge in [-0.15, -0.1) is 0 Å². The molecule has 15 heteroatoms. The van der Waals surface area contributed by atoms with Gasteiger partial charge in [0.05, 0.1) is 5.71 Å². The van der Waals surface area contributed by atoms with Crippen LogP contribution in [-0.2, 0) is 24.5 Å². The van der Waals surface area contributed by atoms with Crippen LogP contribution in [0.3, 0.4) is 0 Å². The van der Waals surface area contributed by atoms with Crippen LogP contribution in [0.2, 0.25) is 0 Å². The highest BCUT2D eigenvalue weighted by Gasteiger charge is 2.66. The molecule has 0 aromatic rings. The van der Waals surface area contributed by atoms with Gasteiger partial charge in [0.15, 0.2) is 4.58 Å². The molecule has 27 heavy (non-hydrogen) atoms. The van der Waals surface area contributed by atoms with Crippen molar-refractivity contribution in [2.24, 2.45) is 5.92 Å². The SMILES string of the molecule is CC(=N)C(=O)NC1CCCCC1C(S(=O)(=O)C(F)(F)F)S(=O)(=O)C(F)(F)F. The van der Waals surface area contributed by atoms with E-state index >= 15 is 0 Å². The Labute approximate surface area is 150 Å². The summed E-state index contributed by atoms with van der Waals surface area (Å²) in [6, 6.07) is -1.59. The van der Waals surface area contributed by atoms with Crippen LogP contribution in [0.5, 0.6) is 0 Å². The smallest absolute Gasteiger partial charge is 0.348 e. The molecule has 0 bridgehead atoms. The fourth-order valence-corrected chi connectivity index (χ4v) is 6.92. The summed E-state index contributed by atoms with van der Waals surface area (Å²) in [6.45, 7) is 0.990. The molecule has 0 heterocycles. The Morgan fingerprint density at radius 1 is 0.963 bits per heavy atom. The zero-order chi connectivity index (χ0) is 21.4. The predicted molar refractivity (Wildman–Crippen MR) is 81.0 cm³/mol. The molecular formula is C12H16F6N2O5S2. The van der Waals surface area contributed by atoms with Gasteiger partial charge in [-0.2, -0.15) is 26.3 Å². The highest BCUT2D eigenvalue weighted by atomic mass is 32.3. The number of carbonyl (C=O) groups excluding carboxylic acids is 1. The second-order valence-electron chi connectivity index (χ2n) is 6.00. The first-order valence-electron chi connectivity index (χ1n) is 7.41. The fraction of sp³-hybridized carbons (Fsp3) is 0.833. The van der Waals surface area contributed by atoms with Crippen LogP contribution in [0.4, 0.5) is 26.3 Å². The summed E-state index contributed by atoms with van der Waals surface area (Å²) in [6.07, 6.45) is -0.653. The number of nitrogens with one attached hydrogen (secondary N) is 2. The van der Waals surface area contributed by atoms with Gasteiger partial charge >= 0.3 is 11.0 Å². The summed E-state index contributed by atoms with van der Waals surface area (Å²) < 4.78 is 121. The molecule has 0 radical (unpaired) electrons. The zero-order valence-corrected chi connectivity index (χ0v) is 15.3. The van der Waals surface area contributed by atoms with Gasteiger partial charge in [0.1, 0.15) is 0 Å². The fourth-order valence-electron chi connectivity index (χ4n) is 2.83. The topological polar surface area (TPSA) is 121 Å². The maximum atomic E-state index is 12.9. The van der Waals surface area contributed by atoms with Crippen molar-refractivity contribution in [2.45, 2.75) is 54.2 Å². The van der Waals surface area contributed by atoms with Gasteiger partial charge < -0.3 is 5.32 Å². The largest absolute Gasteiger partial charge is 0.498 e. The number of sulfone groups is 2. The maximum Gasteiger partial charge on any atom is 0.498 e. The van der Waals surface area contributed by atoms with Crippen molar-refractivity contribution in [1.82, 2.24) is 5.32 Å². The average Bonchev–Trinajstić information content (AvgIpc) is 2.46. The lowest BCUT2D eigenvalue weighted by Crippen LogP contribution is -2.56. The molecule has 7 nitrogen and oxygen atoms in total. The van der Waals surface area contributed by atoms with Crippen LogP contribution in [0.25, 0.3) is 0 Å². The van der Waals surface area contributed by atoms with Crippen molar-refractivity contribution >= 4 is 31.3 Å². The lowest BCUT2D eigenvalue weighted by atomic mass is 9.85. The standard InChI is InChI=1S/C12H16F6N2O5S2/c1-6(19)9(21)20-8-5-3-2-4-7(8)10(26(22,23)11(13,14)15)27(24,25)12(16,17)18/h7-8,10,19H,2-5H2,1H3,(H,20,21). The van der Waals surface area contributed by atoms with Gasteiger partial charge in [-0.25, -0.2) is 16.8 Å². The Balaban J connectivity index is 3.58. The molecule has 1 aliphatic rings. The van der Waals surface area contributed by atoms with E-state index < -0.39 is 65.3 Å². The zero-order valence-electron chi connectivity index (χ0n) is 13.7. The first-order valence-corrected chi connectivity index (χ1v) is 10.5. The number of rotatable bonds is 5. The van der Waals surface area contributed by atoms with Crippen molar-refractivity contribution in [2.75, 3.05) is 0 Å². The van der Waals surface area contributed by atoms with Crippen LogP contribution in [0, 0.1) is 11.3 Å². The Kier molecular flexibility index (Phi) is 6.63. The second-order valence-corrected chi connectivity index (χ2v) is 10.4. The Morgan fingerprint density at radius 3 is 1.74 bits per heavy atom. The van der Waals surface area contributed by atoms with E-state index in [2.05, 4.69) is 0 Å². The van der Waals surface area contributed by atoms with Gasteiger partial charge in [0.25, 0.3) is 25.6 Å². The first kappa shape index (κ1) is 23.7. The van der Waals surface area contributed by atoms with Crippen molar-refractivity contribution in [3.05, 3.63) is 0 Å². The lowest BCUT2D eigenvalue weighted by Gasteiger charge is -2.37. The maximum absolute atomic E-state index is 12.9. The van der Waals surface area contributed by atoms with Gasteiger partial charge in [-0.3, -0.25) is 10.2 Å². The molecular weight excluding hydrogens is 430 g/mol. The summed E-state index contributed by atoms with van der Waals surface area (Å²) in [5.41, 5.74) is -13.1. The highest BCUT2D eigenvalue weighted by molar-refractivity contribution is 8.09. The molecule has 158 valence electrons. The minimum absolute atomic E-state index is 0.0299. The van der Waals surface area contributed by atoms with Crippen molar-refractivity contribution in [1.29, 1.82) is 5.41 Å². The number of hydrogen-bond acceptors (Lipinski definition) is 6. The minimum Gasteiger partial charge on any atom is -0.348 e. The number of halogens is 6. The van der Waals surface area contributed by atoms with Crippen LogP contribution in [-0.4, -0.2) is 50.1 Å². The second kappa shape index (κ2) is 7.56. The van der Waals surface area contributed by atoms with E-state index in [0.717, 1.165) is 6.92 Å². The van der Waals surface area contributed by atoms with Crippen LogP contribution in [0.1, 0.15) is 32.6 Å². The number of hydrogen-bond donors (Lipinski definition) is 2. The Morgan fingerprint density at radius 2 is 1.37 bits per heavy atom. The van der Waals surface area contributed by atoms with E-state index in [9.17, 15) is 48.0 Å². The molecule has 2 atom stereocenters. The van der Waals surface area contributed by atoms with Gasteiger partial charge in [-0.1, -0.05) is 12.8 Å². The molecule has 0 aromatic carbocycles. The predicted octanol–water partition coefficient (Wildman–Crippen LogP) is 1.90. The van der Waals surface area contributed by atoms with Crippen LogP contribution >= 0.6 is 0 Å². The summed E-state index contributed by atoms with van der Waals surface area (Å²) in [4.78, 5) is 11.6. The monoisotopic (exact) mass is 446 g/mol. The van der Waals surface area contributed by atoms with Crippen molar-refractivity contribution < 1.29 is 48.0 Å². The highest BCUT2D eigenvalue weighted by Crippen LogP contribution is 2.43. The van der Waals surface area contributed by atoms with Crippen molar-refractivity contribution in [3.8, 4) is 0 Å². The lowest BCUT2D eigenvalue weighted by molar-refractivity contribution is -0.116. The van der Waals surface area contributed by atoms with Crippen LogP contribution < -0.4 is 5.32 Å². The molecule has 1 rings (SSSR count). The van der Waals surface area contributed by atoms with Crippen molar-refractivity contribution in [3.63, 3.8) is 0 Å². The minimum atomic E-state index is -6.78.